The van der Waals surface area contributed by atoms with Crippen LogP contribution in [0.3, 0.4) is 0 Å². The molecule has 1 fully saturated rings. The predicted molar refractivity (Wildman–Crippen MR) is 131 cm³/mol. The summed E-state index contributed by atoms with van der Waals surface area (Å²) in [5.41, 5.74) is 3.50. The second kappa shape index (κ2) is 11.2. The molecule has 1 aromatic carbocycles. The van der Waals surface area contributed by atoms with Gasteiger partial charge in [-0.2, -0.15) is 0 Å². The number of ether oxygens (including phenoxy) is 1. The van der Waals surface area contributed by atoms with Gasteiger partial charge < -0.3 is 30.1 Å². The van der Waals surface area contributed by atoms with Crippen LogP contribution in [0.1, 0.15) is 35.8 Å². The summed E-state index contributed by atoms with van der Waals surface area (Å²) in [6, 6.07) is 5.23. The molecule has 34 heavy (non-hydrogen) atoms. The normalized spacial score (nSPS) is 21.3. The monoisotopic (exact) mass is 508 g/mol. The second-order valence-corrected chi connectivity index (χ2v) is 9.45. The van der Waals surface area contributed by atoms with Crippen molar-refractivity contribution in [3.63, 3.8) is 0 Å². The fourth-order valence-electron chi connectivity index (χ4n) is 4.78. The molecule has 2 aliphatic rings. The fourth-order valence-corrected chi connectivity index (χ4v) is 5.47. The van der Waals surface area contributed by atoms with E-state index in [0.717, 1.165) is 22.4 Å². The number of morpholine rings is 1. The molecule has 0 radical (unpaired) electrons. The standard InChI is InChI=1S/C24H30Cl2N4O4/c1-15-23-16(10-17(25)11-19(23)26)3-6-30(15)24(33)22-14-29(7-9-34-22)20-12-27-4-2-18(20)21(32)13-28-5-8-31/h2,4,10-12,15,21-22,28,31-32H,3,5-9,13-14H2,1H3/t15-,21?,22+/m0/s1. The molecule has 2 aliphatic heterocycles. The third-order valence-electron chi connectivity index (χ3n) is 6.47. The molecule has 1 saturated heterocycles. The molecule has 2 aromatic rings. The van der Waals surface area contributed by atoms with Crippen molar-refractivity contribution in [3.8, 4) is 0 Å². The molecule has 0 bridgehead atoms. The molecule has 3 atom stereocenters. The summed E-state index contributed by atoms with van der Waals surface area (Å²) in [7, 11) is 0. The van der Waals surface area contributed by atoms with Gasteiger partial charge in [0.25, 0.3) is 5.91 Å². The predicted octanol–water partition coefficient (Wildman–Crippen LogP) is 2.35. The molecule has 0 aliphatic carbocycles. The Balaban J connectivity index is 1.49. The van der Waals surface area contributed by atoms with Gasteiger partial charge >= 0.3 is 0 Å². The van der Waals surface area contributed by atoms with E-state index in [1.54, 1.807) is 24.5 Å². The van der Waals surface area contributed by atoms with E-state index in [4.69, 9.17) is 33.0 Å². The lowest BCUT2D eigenvalue weighted by molar-refractivity contribution is -0.147. The number of nitrogens with one attached hydrogen (secondary N) is 1. The highest BCUT2D eigenvalue weighted by Crippen LogP contribution is 2.37. The van der Waals surface area contributed by atoms with Crippen molar-refractivity contribution in [1.29, 1.82) is 0 Å². The highest BCUT2D eigenvalue weighted by molar-refractivity contribution is 6.35. The van der Waals surface area contributed by atoms with E-state index in [1.807, 2.05) is 22.8 Å². The Bertz CT molecular complexity index is 1020. The first-order valence-electron chi connectivity index (χ1n) is 11.5. The van der Waals surface area contributed by atoms with Gasteiger partial charge in [0, 0.05) is 48.0 Å². The van der Waals surface area contributed by atoms with Crippen LogP contribution in [-0.2, 0) is 16.0 Å². The van der Waals surface area contributed by atoms with E-state index in [0.29, 0.717) is 55.8 Å². The van der Waals surface area contributed by atoms with Gasteiger partial charge in [0.1, 0.15) is 0 Å². The minimum Gasteiger partial charge on any atom is -0.395 e. The molecular weight excluding hydrogens is 479 g/mol. The Labute approximate surface area is 209 Å². The second-order valence-electron chi connectivity index (χ2n) is 8.60. The van der Waals surface area contributed by atoms with Crippen LogP contribution >= 0.6 is 23.2 Å². The van der Waals surface area contributed by atoms with Crippen molar-refractivity contribution in [1.82, 2.24) is 15.2 Å². The van der Waals surface area contributed by atoms with Crippen molar-refractivity contribution in [2.45, 2.75) is 31.6 Å². The lowest BCUT2D eigenvalue weighted by Gasteiger charge is -2.41. The average molecular weight is 509 g/mol. The van der Waals surface area contributed by atoms with Gasteiger partial charge in [0.05, 0.1) is 43.8 Å². The number of nitrogens with zero attached hydrogens (tertiary/aromatic N) is 3. The molecular formula is C24H30Cl2N4O4. The Hall–Kier alpha value is -1.94. The summed E-state index contributed by atoms with van der Waals surface area (Å²) < 4.78 is 5.90. The Kier molecular flexibility index (Phi) is 8.29. The zero-order valence-electron chi connectivity index (χ0n) is 19.1. The average Bonchev–Trinajstić information content (AvgIpc) is 2.83. The fraction of sp³-hybridized carbons (Fsp3) is 0.500. The number of hydrogen-bond acceptors (Lipinski definition) is 7. The number of rotatable bonds is 7. The number of anilines is 1. The van der Waals surface area contributed by atoms with Crippen molar-refractivity contribution >= 4 is 34.8 Å². The third kappa shape index (κ3) is 5.32. The number of amides is 1. The number of aromatic nitrogens is 1. The topological polar surface area (TPSA) is 98.2 Å². The zero-order chi connectivity index (χ0) is 24.2. The number of benzene rings is 1. The SMILES string of the molecule is C[C@H]1c2c(Cl)cc(Cl)cc2CCN1C(=O)[C@H]1CN(c2cnccc2C(O)CNCCO)CCO1. The molecule has 4 rings (SSSR count). The number of pyridine rings is 1. The summed E-state index contributed by atoms with van der Waals surface area (Å²) in [4.78, 5) is 21.6. The molecule has 1 unspecified atom stereocenters. The quantitative estimate of drug-likeness (QED) is 0.493. The van der Waals surface area contributed by atoms with Crippen molar-refractivity contribution in [2.75, 3.05) is 50.8 Å². The summed E-state index contributed by atoms with van der Waals surface area (Å²) >= 11 is 12.6. The highest BCUT2D eigenvalue weighted by atomic mass is 35.5. The van der Waals surface area contributed by atoms with Gasteiger partial charge in [-0.1, -0.05) is 23.2 Å². The van der Waals surface area contributed by atoms with Crippen LogP contribution in [0.4, 0.5) is 5.69 Å². The Morgan fingerprint density at radius 3 is 2.97 bits per heavy atom. The van der Waals surface area contributed by atoms with E-state index >= 15 is 0 Å². The Morgan fingerprint density at radius 1 is 1.35 bits per heavy atom. The maximum Gasteiger partial charge on any atom is 0.254 e. The van der Waals surface area contributed by atoms with Crippen LogP contribution in [0.25, 0.3) is 0 Å². The smallest absolute Gasteiger partial charge is 0.254 e. The molecule has 0 saturated carbocycles. The molecule has 3 N–H and O–H groups in total. The van der Waals surface area contributed by atoms with Crippen LogP contribution < -0.4 is 10.2 Å². The van der Waals surface area contributed by atoms with Gasteiger partial charge in [-0.05, 0) is 42.7 Å². The minimum atomic E-state index is -0.769. The first-order chi connectivity index (χ1) is 16.4. The molecule has 0 spiro atoms. The number of carbonyl (C=O) groups excluding carboxylic acids is 1. The first-order valence-corrected chi connectivity index (χ1v) is 12.2. The van der Waals surface area contributed by atoms with Gasteiger partial charge in [0.2, 0.25) is 0 Å². The number of fused-ring (bicyclic) bond motifs is 1. The number of carbonyl (C=O) groups is 1. The maximum absolute atomic E-state index is 13.5. The molecule has 184 valence electrons. The summed E-state index contributed by atoms with van der Waals surface area (Å²) in [5, 5.41) is 23.8. The molecule has 8 nitrogen and oxygen atoms in total. The van der Waals surface area contributed by atoms with Crippen LogP contribution in [0, 0.1) is 0 Å². The molecule has 1 amide bonds. The van der Waals surface area contributed by atoms with Gasteiger partial charge in [-0.15, -0.1) is 0 Å². The number of aliphatic hydroxyl groups excluding tert-OH is 2. The largest absolute Gasteiger partial charge is 0.395 e. The summed E-state index contributed by atoms with van der Waals surface area (Å²) in [6.07, 6.45) is 2.62. The first kappa shape index (κ1) is 25.2. The summed E-state index contributed by atoms with van der Waals surface area (Å²) in [6.45, 7) is 4.58. The van der Waals surface area contributed by atoms with Crippen LogP contribution in [-0.4, -0.2) is 78.0 Å². The van der Waals surface area contributed by atoms with E-state index < -0.39 is 12.2 Å². The summed E-state index contributed by atoms with van der Waals surface area (Å²) in [5.74, 6) is -0.0792. The van der Waals surface area contributed by atoms with Crippen LogP contribution in [0.5, 0.6) is 0 Å². The number of aliphatic hydroxyl groups is 2. The maximum atomic E-state index is 13.5. The van der Waals surface area contributed by atoms with E-state index in [9.17, 15) is 9.90 Å². The van der Waals surface area contributed by atoms with Crippen molar-refractivity contribution < 1.29 is 19.7 Å². The number of hydrogen-bond donors (Lipinski definition) is 3. The molecule has 1 aromatic heterocycles. The lowest BCUT2D eigenvalue weighted by atomic mass is 9.93. The van der Waals surface area contributed by atoms with Gasteiger partial charge in [0.15, 0.2) is 6.10 Å². The molecule has 10 heteroatoms. The van der Waals surface area contributed by atoms with Gasteiger partial charge in [-0.25, -0.2) is 0 Å². The third-order valence-corrected chi connectivity index (χ3v) is 7.00. The minimum absolute atomic E-state index is 0.000820. The van der Waals surface area contributed by atoms with Crippen LogP contribution in [0.2, 0.25) is 10.0 Å². The van der Waals surface area contributed by atoms with Crippen LogP contribution in [0.15, 0.2) is 30.6 Å². The highest BCUT2D eigenvalue weighted by Gasteiger charge is 2.36. The lowest BCUT2D eigenvalue weighted by Crippen LogP contribution is -2.53. The van der Waals surface area contributed by atoms with Crippen molar-refractivity contribution in [2.24, 2.45) is 0 Å². The zero-order valence-corrected chi connectivity index (χ0v) is 20.6. The van der Waals surface area contributed by atoms with Crippen molar-refractivity contribution in [3.05, 3.63) is 57.3 Å². The molecule has 3 heterocycles. The number of halogens is 2. The van der Waals surface area contributed by atoms with Gasteiger partial charge in [-0.3, -0.25) is 9.78 Å². The Morgan fingerprint density at radius 2 is 2.18 bits per heavy atom. The van der Waals surface area contributed by atoms with E-state index in [2.05, 4.69) is 10.3 Å². The van der Waals surface area contributed by atoms with E-state index in [1.165, 1.54) is 0 Å². The van der Waals surface area contributed by atoms with E-state index in [-0.39, 0.29) is 18.6 Å².